The number of halogens is 3. The Labute approximate surface area is 748 Å². The molecule has 24 rings (SSSR count). The fraction of sp³-hybridized carbons (Fsp3) is 0.236. The van der Waals surface area contributed by atoms with Gasteiger partial charge in [-0.3, -0.25) is 0 Å². The van der Waals surface area contributed by atoms with Crippen LogP contribution in [0.4, 0.5) is 0 Å². The molecule has 0 amide bonds. The molecule has 0 aromatic heterocycles. The van der Waals surface area contributed by atoms with Crippen molar-refractivity contribution < 1.29 is 27.9 Å². The van der Waals surface area contributed by atoms with E-state index in [4.69, 9.17) is 27.9 Å². The van der Waals surface area contributed by atoms with E-state index < -0.39 is 32.3 Å². The number of benzene rings is 15. The van der Waals surface area contributed by atoms with Gasteiger partial charge in [-0.05, 0) is 260 Å². The summed E-state index contributed by atoms with van der Waals surface area (Å²) in [6.07, 6.45) is 0. The highest BCUT2D eigenvalue weighted by atomic mass is 80.9. The average Bonchev–Trinajstić information content (AvgIpc) is 1.51. The Morgan fingerprint density at radius 2 is 0.443 bits per heavy atom. The Hall–Kier alpha value is -9.53. The molecule has 614 valence electrons. The molecule has 0 unspecified atom stereocenters. The first-order valence-electron chi connectivity index (χ1n) is 40.8. The first kappa shape index (κ1) is 87.4. The van der Waals surface area contributed by atoms with Gasteiger partial charge in [0.15, 0.2) is 0 Å². The molecule has 0 saturated carbocycles. The van der Waals surface area contributed by atoms with Gasteiger partial charge in [-0.2, -0.15) is 0 Å². The molecule has 3 aliphatic heterocycles. The highest BCUT2D eigenvalue weighted by molar-refractivity contribution is 9.93. The van der Waals surface area contributed by atoms with Crippen molar-refractivity contribution in [2.75, 3.05) is 0 Å². The molecule has 6 nitrogen and oxygen atoms in total. The summed E-state index contributed by atoms with van der Waals surface area (Å²) in [5.74, 6) is 0. The average molecular weight is 1800 g/mol. The summed E-state index contributed by atoms with van der Waals surface area (Å²) >= 11 is 9.41. The van der Waals surface area contributed by atoms with Crippen molar-refractivity contribution >= 4 is 103 Å². The normalized spacial score (nSPS) is 17.6. The third-order valence-electron chi connectivity index (χ3n) is 28.1. The molecule has 15 aromatic carbocycles. The molecule has 0 bridgehead atoms. The number of fused-ring (bicyclic) bond motifs is 36. The predicted octanol–water partition coefficient (Wildman–Crippen LogP) is 29.7. The zero-order chi connectivity index (χ0) is 80.7. The Morgan fingerprint density at radius 1 is 0.213 bits per heavy atom. The highest BCUT2D eigenvalue weighted by Crippen LogP contribution is 2.68. The SMILES string of the molecule is BrBr.Brc1cc2c(c3ccccc13)-c1ccccc1C21c2ccccc2-c2ccccc21.C.C.C.C.C.CC1(C)OB(B2OC(C)(C)C(C)(C)O2)OC1(C)C.CC1(C)OB(c2cc3c(c4ccccc24)-c2ccccc2C32c3ccccc3-c3ccccc32)OC1(C)C.c1ccc2c(c1)-c1ccccc1C21c2ccccc2-c2c1ccc1ccccc21. The molecule has 3 heterocycles. The lowest BCUT2D eigenvalue weighted by atomic mass is 9.49. The monoisotopic (exact) mass is 1790 g/mol. The van der Waals surface area contributed by atoms with Gasteiger partial charge < -0.3 is 27.9 Å². The van der Waals surface area contributed by atoms with E-state index in [9.17, 15) is 0 Å². The van der Waals surface area contributed by atoms with E-state index in [2.05, 4.69) is 387 Å². The molecule has 3 spiro atoms. The summed E-state index contributed by atoms with van der Waals surface area (Å²) in [6, 6.07) is 116. The maximum Gasteiger partial charge on any atom is 0.495 e. The summed E-state index contributed by atoms with van der Waals surface area (Å²) in [7, 11) is -1.39. The minimum atomic E-state index is -0.476. The molecule has 3 fully saturated rings. The van der Waals surface area contributed by atoms with Gasteiger partial charge in [0.25, 0.3) is 0 Å². The first-order valence-corrected chi connectivity index (χ1v) is 45.3. The van der Waals surface area contributed by atoms with E-state index in [0.29, 0.717) is 0 Å². The van der Waals surface area contributed by atoms with Crippen LogP contribution in [0.15, 0.2) is 320 Å². The van der Waals surface area contributed by atoms with Crippen LogP contribution in [0.2, 0.25) is 0 Å². The lowest BCUT2D eigenvalue weighted by Gasteiger charge is -2.32. The summed E-state index contributed by atoms with van der Waals surface area (Å²) in [6.45, 7) is 24.7. The molecule has 122 heavy (non-hydrogen) atoms. The largest absolute Gasteiger partial charge is 0.495 e. The molecule has 6 aliphatic carbocycles. The van der Waals surface area contributed by atoms with E-state index in [1.54, 1.807) is 0 Å². The van der Waals surface area contributed by atoms with E-state index in [0.717, 1.165) is 9.94 Å². The van der Waals surface area contributed by atoms with Crippen molar-refractivity contribution in [3.05, 3.63) is 387 Å². The Bertz CT molecular complexity index is 6400. The third-order valence-corrected chi connectivity index (χ3v) is 28.8. The lowest BCUT2D eigenvalue weighted by Crippen LogP contribution is -2.41. The van der Waals surface area contributed by atoms with Gasteiger partial charge in [-0.25, -0.2) is 0 Å². The molecule has 0 N–H and O–H groups in total. The maximum absolute atomic E-state index is 6.66. The van der Waals surface area contributed by atoms with Crippen LogP contribution in [-0.4, -0.2) is 54.7 Å². The second kappa shape index (κ2) is 31.6. The van der Waals surface area contributed by atoms with E-state index in [1.165, 1.54) is 166 Å². The topological polar surface area (TPSA) is 55.4 Å². The second-order valence-corrected chi connectivity index (χ2v) is 36.3. The molecular formula is C110H108B3Br3O6. The molecule has 9 aliphatic rings. The van der Waals surface area contributed by atoms with Crippen molar-refractivity contribution in [1.82, 2.24) is 0 Å². The molecule has 0 radical (unpaired) electrons. The van der Waals surface area contributed by atoms with Gasteiger partial charge in [0.05, 0.1) is 49.9 Å². The lowest BCUT2D eigenvalue weighted by molar-refractivity contribution is 0.00578. The van der Waals surface area contributed by atoms with Gasteiger partial charge >= 0.3 is 21.1 Å². The third kappa shape index (κ3) is 12.3. The first-order chi connectivity index (χ1) is 56.4. The Balaban J connectivity index is 0.000000127. The molecule has 0 atom stereocenters. The fourth-order valence-electron chi connectivity index (χ4n) is 20.9. The van der Waals surface area contributed by atoms with Crippen LogP contribution in [-0.2, 0) is 44.2 Å². The van der Waals surface area contributed by atoms with Crippen LogP contribution in [0.25, 0.3) is 99.1 Å². The summed E-state index contributed by atoms with van der Waals surface area (Å²) in [4.78, 5) is 0. The van der Waals surface area contributed by atoms with Crippen LogP contribution in [0, 0.1) is 0 Å². The van der Waals surface area contributed by atoms with E-state index in [-0.39, 0.29) is 75.8 Å². The number of hydrogen-bond donors (Lipinski definition) is 0. The number of rotatable bonds is 2. The minimum absolute atomic E-state index is 0. The van der Waals surface area contributed by atoms with Crippen LogP contribution >= 0.6 is 44.2 Å². The molecule has 12 heteroatoms. The molecule has 3 saturated heterocycles. The maximum atomic E-state index is 6.66. The zero-order valence-corrected chi connectivity index (χ0v) is 72.6. The Kier molecular flexibility index (Phi) is 22.6. The van der Waals surface area contributed by atoms with Crippen LogP contribution in [0.3, 0.4) is 0 Å². The fourth-order valence-corrected chi connectivity index (χ4v) is 21.5. The smallest absolute Gasteiger partial charge is 0.405 e. The minimum Gasteiger partial charge on any atom is -0.405 e. The Morgan fingerprint density at radius 3 is 0.779 bits per heavy atom. The quantitative estimate of drug-likeness (QED) is 0.161. The van der Waals surface area contributed by atoms with E-state index in [1.807, 2.05) is 55.4 Å². The molecule has 15 aromatic rings. The standard InChI is InChI=1S/C35H29BO2.C29H17Br.C29H18.C12H24B2O4.5CH4.Br2/c1-33(2)34(3,4)38-36(37-33)31-21-30-32(25-16-6-5-15-24(25)31)26-17-9-12-20-29(26)35(30)27-18-10-7-13-22(27)23-14-8-11-19-28(23)35;30-27-17-26-28(21-12-2-1-11-20(21)27)22-13-5-8-16-25(22)29(26)23-14-6-3-9-18(23)19-10-4-7-15-24(19)29;1-2-10-20-19(9-1)17-18-27-28(20)23-13-5-8-16-26(23)29(27)24-14-6-3-11-21(24)22-12-4-7-15-25(22)29;1-9(2)10(3,4)16-13(15-9)14-17-11(5,6)12(7,8)18-14;;;;;;1-2/h5-21H,1-4H3;1-17H;1-18H;1-8H3;5*1H4;. The van der Waals surface area contributed by atoms with Crippen LogP contribution in [0.1, 0.15) is 187 Å². The highest BCUT2D eigenvalue weighted by Gasteiger charge is 2.64. The van der Waals surface area contributed by atoms with Gasteiger partial charge in [-0.15, -0.1) is 0 Å². The van der Waals surface area contributed by atoms with Crippen molar-refractivity contribution in [3.8, 4) is 66.8 Å². The van der Waals surface area contributed by atoms with Gasteiger partial charge in [0.1, 0.15) is 0 Å². The van der Waals surface area contributed by atoms with Crippen LogP contribution < -0.4 is 5.46 Å². The molecular weight excluding hydrogens is 1690 g/mol. The van der Waals surface area contributed by atoms with Gasteiger partial charge in [-0.1, -0.05) is 362 Å². The summed E-state index contributed by atoms with van der Waals surface area (Å²) in [5, 5.41) is 7.67. The summed E-state index contributed by atoms with van der Waals surface area (Å²) in [5.41, 5.74) is 30.7. The zero-order valence-electron chi connectivity index (χ0n) is 67.8. The predicted molar refractivity (Wildman–Crippen MR) is 528 cm³/mol. The van der Waals surface area contributed by atoms with Gasteiger partial charge in [0, 0.05) is 32.7 Å². The van der Waals surface area contributed by atoms with E-state index >= 15 is 0 Å². The number of hydrogen-bond acceptors (Lipinski definition) is 6. The summed E-state index contributed by atoms with van der Waals surface area (Å²) < 4.78 is 38.3. The van der Waals surface area contributed by atoms with Crippen molar-refractivity contribution in [3.63, 3.8) is 0 Å². The van der Waals surface area contributed by atoms with Crippen molar-refractivity contribution in [1.29, 1.82) is 0 Å². The van der Waals surface area contributed by atoms with Crippen molar-refractivity contribution in [2.45, 2.75) is 170 Å². The van der Waals surface area contributed by atoms with Crippen molar-refractivity contribution in [2.24, 2.45) is 0 Å². The van der Waals surface area contributed by atoms with Crippen LogP contribution in [0.5, 0.6) is 0 Å². The second-order valence-electron chi connectivity index (χ2n) is 35.5. The van der Waals surface area contributed by atoms with Gasteiger partial charge in [0.2, 0.25) is 0 Å².